The number of benzene rings is 1. The smallest absolute Gasteiger partial charge is 0.303 e. The molecule has 3 N–H and O–H groups in total. The average Bonchev–Trinajstić information content (AvgIpc) is 2.45. The lowest BCUT2D eigenvalue weighted by molar-refractivity contribution is -0.137. The van der Waals surface area contributed by atoms with Crippen molar-refractivity contribution in [2.24, 2.45) is 0 Å². The molecule has 0 fully saturated rings. The Kier molecular flexibility index (Phi) is 6.71. The fourth-order valence-electron chi connectivity index (χ4n) is 2.00. The molecular formula is C15H22N2O5S. The molecule has 0 aliphatic heterocycles. The molecular weight excluding hydrogens is 320 g/mol. The van der Waals surface area contributed by atoms with Gasteiger partial charge in [0.25, 0.3) is 5.91 Å². The largest absolute Gasteiger partial charge is 0.481 e. The molecule has 128 valence electrons. The minimum Gasteiger partial charge on any atom is -0.481 e. The summed E-state index contributed by atoms with van der Waals surface area (Å²) in [7, 11) is -3.64. The Balaban J connectivity index is 2.94. The standard InChI is InChI=1S/C15H22N2O5S/c1-4-16-23(21,22)12-7-5-10(2)13(9-12)15(20)17-11(3)6-8-14(18)19/h5,7,9,11,16H,4,6,8H2,1-3H3,(H,17,20)(H,18,19). The fraction of sp³-hybridized carbons (Fsp3) is 0.467. The van der Waals surface area contributed by atoms with Gasteiger partial charge >= 0.3 is 5.97 Å². The number of carboxylic acids is 1. The van der Waals surface area contributed by atoms with Crippen molar-refractivity contribution in [2.75, 3.05) is 6.54 Å². The highest BCUT2D eigenvalue weighted by molar-refractivity contribution is 7.89. The first-order valence-corrected chi connectivity index (χ1v) is 8.78. The van der Waals surface area contributed by atoms with Crippen molar-refractivity contribution in [1.29, 1.82) is 0 Å². The van der Waals surface area contributed by atoms with Crippen LogP contribution >= 0.6 is 0 Å². The predicted octanol–water partition coefficient (Wildman–Crippen LogP) is 1.28. The maximum absolute atomic E-state index is 12.3. The molecule has 0 aliphatic rings. The minimum absolute atomic E-state index is 0.0216. The summed E-state index contributed by atoms with van der Waals surface area (Å²) >= 11 is 0. The van der Waals surface area contributed by atoms with Gasteiger partial charge in [-0.05, 0) is 38.0 Å². The number of carbonyl (C=O) groups excluding carboxylic acids is 1. The molecule has 1 aromatic rings. The molecule has 0 aliphatic carbocycles. The summed E-state index contributed by atoms with van der Waals surface area (Å²) in [6, 6.07) is 4.01. The van der Waals surface area contributed by atoms with Crippen molar-refractivity contribution in [2.45, 2.75) is 44.6 Å². The zero-order chi connectivity index (χ0) is 17.6. The van der Waals surface area contributed by atoms with Crippen molar-refractivity contribution in [3.63, 3.8) is 0 Å². The van der Waals surface area contributed by atoms with Crippen LogP contribution in [0.25, 0.3) is 0 Å². The molecule has 1 aromatic carbocycles. The van der Waals surface area contributed by atoms with Gasteiger partial charge in [0.1, 0.15) is 0 Å². The highest BCUT2D eigenvalue weighted by Gasteiger charge is 2.18. The van der Waals surface area contributed by atoms with Gasteiger partial charge in [0.2, 0.25) is 10.0 Å². The molecule has 0 saturated heterocycles. The van der Waals surface area contributed by atoms with E-state index in [4.69, 9.17) is 5.11 Å². The summed E-state index contributed by atoms with van der Waals surface area (Å²) in [5, 5.41) is 11.3. The summed E-state index contributed by atoms with van der Waals surface area (Å²) in [6.45, 7) is 5.34. The van der Waals surface area contributed by atoms with Gasteiger partial charge in [0.15, 0.2) is 0 Å². The number of carboxylic acid groups (broad SMARTS) is 1. The highest BCUT2D eigenvalue weighted by Crippen LogP contribution is 2.16. The second kappa shape index (κ2) is 8.07. The summed E-state index contributed by atoms with van der Waals surface area (Å²) in [6.07, 6.45) is 0.255. The molecule has 0 heterocycles. The number of aryl methyl sites for hydroxylation is 1. The molecule has 1 unspecified atom stereocenters. The van der Waals surface area contributed by atoms with Gasteiger partial charge in [-0.25, -0.2) is 13.1 Å². The van der Waals surface area contributed by atoms with Crippen LogP contribution in [-0.2, 0) is 14.8 Å². The highest BCUT2D eigenvalue weighted by atomic mass is 32.2. The number of nitrogens with one attached hydrogen (secondary N) is 2. The first kappa shape index (κ1) is 19.1. The molecule has 0 aromatic heterocycles. The van der Waals surface area contributed by atoms with Gasteiger partial charge in [-0.1, -0.05) is 13.0 Å². The molecule has 1 amide bonds. The number of amides is 1. The van der Waals surface area contributed by atoms with E-state index in [0.717, 1.165) is 0 Å². The second-order valence-electron chi connectivity index (χ2n) is 5.28. The van der Waals surface area contributed by atoms with Crippen molar-refractivity contribution >= 4 is 21.9 Å². The second-order valence-corrected chi connectivity index (χ2v) is 7.05. The monoisotopic (exact) mass is 342 g/mol. The maximum atomic E-state index is 12.3. The van der Waals surface area contributed by atoms with Gasteiger partial charge < -0.3 is 10.4 Å². The van der Waals surface area contributed by atoms with Crippen LogP contribution in [0.15, 0.2) is 23.1 Å². The van der Waals surface area contributed by atoms with Crippen LogP contribution in [-0.4, -0.2) is 38.0 Å². The van der Waals surface area contributed by atoms with Crippen LogP contribution in [0.1, 0.15) is 42.6 Å². The van der Waals surface area contributed by atoms with E-state index in [2.05, 4.69) is 10.0 Å². The predicted molar refractivity (Wildman–Crippen MR) is 85.8 cm³/mol. The first-order chi connectivity index (χ1) is 10.7. The van der Waals surface area contributed by atoms with Crippen LogP contribution < -0.4 is 10.0 Å². The van der Waals surface area contributed by atoms with E-state index in [9.17, 15) is 18.0 Å². The van der Waals surface area contributed by atoms with Crippen molar-refractivity contribution < 1.29 is 23.1 Å². The normalized spacial score (nSPS) is 12.7. The van der Waals surface area contributed by atoms with Gasteiger partial charge in [-0.15, -0.1) is 0 Å². The Morgan fingerprint density at radius 1 is 1.30 bits per heavy atom. The molecule has 0 bridgehead atoms. The van der Waals surface area contributed by atoms with Crippen molar-refractivity contribution in [1.82, 2.24) is 10.0 Å². The lowest BCUT2D eigenvalue weighted by Gasteiger charge is -2.15. The molecule has 0 saturated carbocycles. The zero-order valence-corrected chi connectivity index (χ0v) is 14.2. The van der Waals surface area contributed by atoms with E-state index < -0.39 is 21.9 Å². The van der Waals surface area contributed by atoms with Crippen LogP contribution in [0.5, 0.6) is 0 Å². The van der Waals surface area contributed by atoms with Crippen LogP contribution in [0.4, 0.5) is 0 Å². The van der Waals surface area contributed by atoms with Crippen LogP contribution in [0.2, 0.25) is 0 Å². The average molecular weight is 342 g/mol. The van der Waals surface area contributed by atoms with Gasteiger partial charge in [0.05, 0.1) is 4.90 Å². The van der Waals surface area contributed by atoms with Crippen LogP contribution in [0.3, 0.4) is 0 Å². The minimum atomic E-state index is -3.64. The summed E-state index contributed by atoms with van der Waals surface area (Å²) in [5.74, 6) is -1.35. The zero-order valence-electron chi connectivity index (χ0n) is 13.4. The van der Waals surface area contributed by atoms with E-state index >= 15 is 0 Å². The van der Waals surface area contributed by atoms with E-state index in [1.807, 2.05) is 0 Å². The quantitative estimate of drug-likeness (QED) is 0.659. The van der Waals surface area contributed by atoms with Crippen molar-refractivity contribution in [3.05, 3.63) is 29.3 Å². The van der Waals surface area contributed by atoms with Gasteiger partial charge in [-0.2, -0.15) is 0 Å². The number of carbonyl (C=O) groups is 2. The Labute approximate surface area is 136 Å². The molecule has 1 atom stereocenters. The molecule has 7 nitrogen and oxygen atoms in total. The Hall–Kier alpha value is -1.93. The topological polar surface area (TPSA) is 113 Å². The number of sulfonamides is 1. The third kappa shape index (κ3) is 5.65. The SMILES string of the molecule is CCNS(=O)(=O)c1ccc(C)c(C(=O)NC(C)CCC(=O)O)c1. The summed E-state index contributed by atoms with van der Waals surface area (Å²) in [4.78, 5) is 22.8. The molecule has 0 radical (unpaired) electrons. The molecule has 1 rings (SSSR count). The maximum Gasteiger partial charge on any atom is 0.303 e. The number of rotatable bonds is 8. The van der Waals surface area contributed by atoms with Gasteiger partial charge in [0, 0.05) is 24.6 Å². The number of hydrogen-bond acceptors (Lipinski definition) is 4. The first-order valence-electron chi connectivity index (χ1n) is 7.30. The summed E-state index contributed by atoms with van der Waals surface area (Å²) in [5.41, 5.74) is 0.898. The number of hydrogen-bond donors (Lipinski definition) is 3. The lowest BCUT2D eigenvalue weighted by Crippen LogP contribution is -2.33. The Bertz CT molecular complexity index is 685. The van der Waals surface area contributed by atoms with E-state index in [1.165, 1.54) is 12.1 Å². The van der Waals surface area contributed by atoms with E-state index in [-0.39, 0.29) is 29.5 Å². The molecule has 0 spiro atoms. The molecule has 23 heavy (non-hydrogen) atoms. The van der Waals surface area contributed by atoms with E-state index in [1.54, 1.807) is 26.8 Å². The Morgan fingerprint density at radius 2 is 1.96 bits per heavy atom. The fourth-order valence-corrected chi connectivity index (χ4v) is 3.07. The van der Waals surface area contributed by atoms with E-state index in [0.29, 0.717) is 12.0 Å². The van der Waals surface area contributed by atoms with Crippen molar-refractivity contribution in [3.8, 4) is 0 Å². The third-order valence-corrected chi connectivity index (χ3v) is 4.81. The number of aliphatic carboxylic acids is 1. The van der Waals surface area contributed by atoms with Crippen LogP contribution in [0, 0.1) is 6.92 Å². The lowest BCUT2D eigenvalue weighted by atomic mass is 10.1. The van der Waals surface area contributed by atoms with Gasteiger partial charge in [-0.3, -0.25) is 9.59 Å². The molecule has 8 heteroatoms. The summed E-state index contributed by atoms with van der Waals surface area (Å²) < 4.78 is 26.4. The Morgan fingerprint density at radius 3 is 2.52 bits per heavy atom. The third-order valence-electron chi connectivity index (χ3n) is 3.27.